The molecule has 0 saturated heterocycles. The minimum absolute atomic E-state index is 0.182. The summed E-state index contributed by atoms with van der Waals surface area (Å²) in [6, 6.07) is 14.5. The van der Waals surface area contributed by atoms with Gasteiger partial charge in [0.25, 0.3) is 11.8 Å². The molecule has 5 nitrogen and oxygen atoms in total. The third-order valence-electron chi connectivity index (χ3n) is 3.92. The van der Waals surface area contributed by atoms with Gasteiger partial charge in [0.05, 0.1) is 6.61 Å². The van der Waals surface area contributed by atoms with Gasteiger partial charge in [-0.2, -0.15) is 0 Å². The molecule has 134 valence electrons. The van der Waals surface area contributed by atoms with Crippen molar-refractivity contribution in [1.29, 1.82) is 0 Å². The summed E-state index contributed by atoms with van der Waals surface area (Å²) in [7, 11) is 0. The second-order valence-electron chi connectivity index (χ2n) is 5.70. The second kappa shape index (κ2) is 8.58. The molecule has 2 aromatic carbocycles. The molecule has 1 aliphatic rings. The van der Waals surface area contributed by atoms with Crippen molar-refractivity contribution in [2.75, 3.05) is 23.0 Å². The van der Waals surface area contributed by atoms with E-state index in [1.165, 1.54) is 0 Å². The topological polar surface area (TPSA) is 67.4 Å². The van der Waals surface area contributed by atoms with Gasteiger partial charge in [-0.15, -0.1) is 11.8 Å². The van der Waals surface area contributed by atoms with Crippen LogP contribution in [0.15, 0.2) is 59.7 Å². The second-order valence-corrected chi connectivity index (χ2v) is 6.67. The first kappa shape index (κ1) is 18.1. The van der Waals surface area contributed by atoms with Crippen LogP contribution < -0.4 is 10.6 Å². The molecule has 2 amide bonds. The van der Waals surface area contributed by atoms with Gasteiger partial charge >= 0.3 is 0 Å². The minimum atomic E-state index is -0.286. The highest BCUT2D eigenvalue weighted by Gasteiger charge is 2.15. The molecule has 0 fully saturated rings. The van der Waals surface area contributed by atoms with E-state index in [1.54, 1.807) is 41.4 Å². The van der Waals surface area contributed by atoms with Crippen LogP contribution in [0.1, 0.15) is 22.8 Å². The first-order valence-corrected chi connectivity index (χ1v) is 9.47. The molecule has 0 unspecified atom stereocenters. The number of aryl methyl sites for hydroxylation is 1. The molecule has 0 spiro atoms. The smallest absolute Gasteiger partial charge is 0.291 e. The molecule has 0 aromatic heterocycles. The summed E-state index contributed by atoms with van der Waals surface area (Å²) < 4.78 is 5.33. The van der Waals surface area contributed by atoms with Crippen molar-refractivity contribution in [2.45, 2.75) is 13.3 Å². The lowest BCUT2D eigenvalue weighted by Gasteiger charge is -2.14. The summed E-state index contributed by atoms with van der Waals surface area (Å²) in [6.45, 7) is 2.58. The Bertz CT molecular complexity index is 831. The average molecular weight is 368 g/mol. The van der Waals surface area contributed by atoms with Gasteiger partial charge in [0.15, 0.2) is 5.76 Å². The Morgan fingerprint density at radius 1 is 1.04 bits per heavy atom. The van der Waals surface area contributed by atoms with E-state index in [2.05, 4.69) is 10.6 Å². The van der Waals surface area contributed by atoms with E-state index in [0.29, 0.717) is 23.6 Å². The van der Waals surface area contributed by atoms with E-state index in [0.717, 1.165) is 23.4 Å². The fraction of sp³-hybridized carbons (Fsp3) is 0.200. The Hall–Kier alpha value is -2.73. The van der Waals surface area contributed by atoms with Crippen molar-refractivity contribution in [1.82, 2.24) is 0 Å². The number of amides is 2. The van der Waals surface area contributed by atoms with E-state index >= 15 is 0 Å². The van der Waals surface area contributed by atoms with Crippen molar-refractivity contribution in [3.63, 3.8) is 0 Å². The zero-order valence-electron chi connectivity index (χ0n) is 14.5. The molecule has 1 heterocycles. The number of para-hydroxylation sites is 1. The van der Waals surface area contributed by atoms with Crippen LogP contribution in [0.5, 0.6) is 0 Å². The SMILES string of the molecule is CCc1ccccc1NC(=O)c1ccc(NC(=O)C2=CSCCO2)cc1. The fourth-order valence-corrected chi connectivity index (χ4v) is 3.15. The van der Waals surface area contributed by atoms with Crippen LogP contribution in [0.2, 0.25) is 0 Å². The largest absolute Gasteiger partial charge is 0.487 e. The number of nitrogens with one attached hydrogen (secondary N) is 2. The number of thioether (sulfide) groups is 1. The van der Waals surface area contributed by atoms with Crippen LogP contribution in [0.4, 0.5) is 11.4 Å². The maximum atomic E-state index is 12.4. The maximum Gasteiger partial charge on any atom is 0.291 e. The van der Waals surface area contributed by atoms with Crippen LogP contribution in [-0.4, -0.2) is 24.2 Å². The normalized spacial score (nSPS) is 13.3. The van der Waals surface area contributed by atoms with E-state index in [9.17, 15) is 9.59 Å². The zero-order valence-corrected chi connectivity index (χ0v) is 15.3. The van der Waals surface area contributed by atoms with Crippen LogP contribution in [0.25, 0.3) is 0 Å². The van der Waals surface area contributed by atoms with Crippen LogP contribution in [-0.2, 0) is 16.0 Å². The van der Waals surface area contributed by atoms with Crippen molar-refractivity contribution >= 4 is 35.0 Å². The monoisotopic (exact) mass is 368 g/mol. The Labute approximate surface area is 156 Å². The molecule has 1 aliphatic heterocycles. The lowest BCUT2D eigenvalue weighted by molar-refractivity contribution is -0.116. The van der Waals surface area contributed by atoms with Crippen molar-refractivity contribution < 1.29 is 14.3 Å². The van der Waals surface area contributed by atoms with Gasteiger partial charge in [-0.25, -0.2) is 0 Å². The molecular weight excluding hydrogens is 348 g/mol. The summed E-state index contributed by atoms with van der Waals surface area (Å²) in [5.41, 5.74) is 3.04. The van der Waals surface area contributed by atoms with Crippen LogP contribution in [0, 0.1) is 0 Å². The Balaban J connectivity index is 1.64. The number of hydrogen-bond acceptors (Lipinski definition) is 4. The number of anilines is 2. The predicted molar refractivity (Wildman–Crippen MR) is 105 cm³/mol. The Kier molecular flexibility index (Phi) is 5.96. The first-order valence-electron chi connectivity index (χ1n) is 8.42. The highest BCUT2D eigenvalue weighted by Crippen LogP contribution is 2.19. The summed E-state index contributed by atoms with van der Waals surface area (Å²) >= 11 is 1.55. The first-order chi connectivity index (χ1) is 12.7. The molecule has 0 bridgehead atoms. The molecule has 26 heavy (non-hydrogen) atoms. The number of ether oxygens (including phenoxy) is 1. The quantitative estimate of drug-likeness (QED) is 0.836. The average Bonchev–Trinajstić information content (AvgIpc) is 2.69. The standard InChI is InChI=1S/C20H20N2O3S/c1-2-14-5-3-4-6-17(14)22-19(23)15-7-9-16(10-8-15)21-20(24)18-13-26-12-11-25-18/h3-10,13H,2,11-12H2,1H3,(H,21,24)(H,22,23). The van der Waals surface area contributed by atoms with E-state index in [4.69, 9.17) is 4.74 Å². The van der Waals surface area contributed by atoms with Gasteiger partial charge in [-0.05, 0) is 42.3 Å². The van der Waals surface area contributed by atoms with Gasteiger partial charge in [0, 0.05) is 28.1 Å². The number of rotatable bonds is 5. The van der Waals surface area contributed by atoms with E-state index in [1.807, 2.05) is 31.2 Å². The van der Waals surface area contributed by atoms with Gasteiger partial charge in [0.1, 0.15) is 0 Å². The van der Waals surface area contributed by atoms with Crippen LogP contribution in [0.3, 0.4) is 0 Å². The molecule has 3 rings (SSSR count). The molecule has 0 radical (unpaired) electrons. The van der Waals surface area contributed by atoms with Gasteiger partial charge < -0.3 is 15.4 Å². The number of benzene rings is 2. The van der Waals surface area contributed by atoms with Crippen molar-refractivity contribution in [3.8, 4) is 0 Å². The molecule has 2 N–H and O–H groups in total. The van der Waals surface area contributed by atoms with Gasteiger partial charge in [0.2, 0.25) is 0 Å². The summed E-state index contributed by atoms with van der Waals surface area (Å²) in [5, 5.41) is 7.41. The Morgan fingerprint density at radius 3 is 2.50 bits per heavy atom. The van der Waals surface area contributed by atoms with E-state index < -0.39 is 0 Å². The third-order valence-corrected chi connectivity index (χ3v) is 4.71. The summed E-state index contributed by atoms with van der Waals surface area (Å²) in [4.78, 5) is 24.5. The Morgan fingerprint density at radius 2 is 1.81 bits per heavy atom. The predicted octanol–water partition coefficient (Wildman–Crippen LogP) is 4.04. The fourth-order valence-electron chi connectivity index (χ4n) is 2.53. The van der Waals surface area contributed by atoms with Crippen molar-refractivity contribution in [3.05, 3.63) is 70.8 Å². The lowest BCUT2D eigenvalue weighted by atomic mass is 10.1. The van der Waals surface area contributed by atoms with Crippen LogP contribution >= 0.6 is 11.8 Å². The number of carbonyl (C=O) groups is 2. The number of carbonyl (C=O) groups excluding carboxylic acids is 2. The molecule has 0 atom stereocenters. The highest BCUT2D eigenvalue weighted by atomic mass is 32.2. The molecule has 0 saturated carbocycles. The molecule has 2 aromatic rings. The summed E-state index contributed by atoms with van der Waals surface area (Å²) in [6.07, 6.45) is 0.845. The molecule has 6 heteroatoms. The number of hydrogen-bond donors (Lipinski definition) is 2. The third kappa shape index (κ3) is 4.46. The van der Waals surface area contributed by atoms with Crippen molar-refractivity contribution in [2.24, 2.45) is 0 Å². The highest BCUT2D eigenvalue weighted by molar-refractivity contribution is 8.02. The zero-order chi connectivity index (χ0) is 18.4. The van der Waals surface area contributed by atoms with Gasteiger partial charge in [-0.1, -0.05) is 25.1 Å². The van der Waals surface area contributed by atoms with E-state index in [-0.39, 0.29) is 11.8 Å². The summed E-state index contributed by atoms with van der Waals surface area (Å²) in [5.74, 6) is 0.700. The minimum Gasteiger partial charge on any atom is -0.487 e. The maximum absolute atomic E-state index is 12.4. The molecular formula is C20H20N2O3S. The molecule has 0 aliphatic carbocycles. The van der Waals surface area contributed by atoms with Gasteiger partial charge in [-0.3, -0.25) is 9.59 Å². The lowest BCUT2D eigenvalue weighted by Crippen LogP contribution is -2.19.